The molecule has 0 unspecified atom stereocenters. The Hall–Kier alpha value is -1.06. The Kier molecular flexibility index (Phi) is 3.37. The van der Waals surface area contributed by atoms with Gasteiger partial charge in [-0.25, -0.2) is 0 Å². The maximum absolute atomic E-state index is 11.5. The Morgan fingerprint density at radius 1 is 1.33 bits per heavy atom. The van der Waals surface area contributed by atoms with Gasteiger partial charge in [0.2, 0.25) is 0 Å². The molecule has 0 aromatic heterocycles. The average Bonchev–Trinajstić information content (AvgIpc) is 2.80. The van der Waals surface area contributed by atoms with E-state index in [1.807, 2.05) is 20.8 Å². The second kappa shape index (κ2) is 4.21. The van der Waals surface area contributed by atoms with E-state index in [1.54, 1.807) is 0 Å². The molecule has 4 heteroatoms. The molecule has 0 bridgehead atoms. The molecular formula is C11H18O4. The quantitative estimate of drug-likeness (QED) is 0.668. The number of ether oxygens (including phenoxy) is 2. The summed E-state index contributed by atoms with van der Waals surface area (Å²) in [4.78, 5) is 22.5. The van der Waals surface area contributed by atoms with Gasteiger partial charge in [-0.05, 0) is 33.1 Å². The third-order valence-electron chi connectivity index (χ3n) is 2.29. The van der Waals surface area contributed by atoms with E-state index in [2.05, 4.69) is 4.74 Å². The third-order valence-corrected chi connectivity index (χ3v) is 2.29. The highest BCUT2D eigenvalue weighted by Gasteiger charge is 2.46. The average molecular weight is 214 g/mol. The van der Waals surface area contributed by atoms with Crippen LogP contribution >= 0.6 is 0 Å². The zero-order chi connectivity index (χ0) is 11.6. The summed E-state index contributed by atoms with van der Waals surface area (Å²) in [5.74, 6) is -0.446. The van der Waals surface area contributed by atoms with Gasteiger partial charge in [0.25, 0.3) is 0 Å². The van der Waals surface area contributed by atoms with Crippen molar-refractivity contribution in [1.82, 2.24) is 0 Å². The number of hydrogen-bond acceptors (Lipinski definition) is 4. The third kappa shape index (κ3) is 3.90. The lowest BCUT2D eigenvalue weighted by Gasteiger charge is -2.19. The molecule has 0 amide bonds. The van der Waals surface area contributed by atoms with E-state index in [4.69, 9.17) is 4.74 Å². The standard InChI is InChI=1S/C11H18O4/c1-11(2,3)15-10(13)8-5-7(8)6-9(12)14-4/h7-8H,5-6H2,1-4H3/t7-,8-/m0/s1. The van der Waals surface area contributed by atoms with Crippen LogP contribution in [0.4, 0.5) is 0 Å². The molecule has 0 saturated heterocycles. The summed E-state index contributed by atoms with van der Waals surface area (Å²) in [7, 11) is 1.35. The Morgan fingerprint density at radius 2 is 1.93 bits per heavy atom. The molecule has 0 spiro atoms. The summed E-state index contributed by atoms with van der Waals surface area (Å²) >= 11 is 0. The van der Waals surface area contributed by atoms with Crippen LogP contribution in [0, 0.1) is 11.8 Å². The summed E-state index contributed by atoms with van der Waals surface area (Å²) in [5.41, 5.74) is -0.449. The van der Waals surface area contributed by atoms with Crippen LogP contribution in [0.1, 0.15) is 33.6 Å². The Balaban J connectivity index is 2.31. The molecule has 4 nitrogen and oxygen atoms in total. The van der Waals surface area contributed by atoms with Crippen LogP contribution < -0.4 is 0 Å². The molecule has 1 saturated carbocycles. The van der Waals surface area contributed by atoms with Crippen LogP contribution in [0.15, 0.2) is 0 Å². The highest BCUT2D eigenvalue weighted by atomic mass is 16.6. The van der Waals surface area contributed by atoms with Crippen molar-refractivity contribution in [2.24, 2.45) is 11.8 Å². The highest BCUT2D eigenvalue weighted by molar-refractivity contribution is 5.78. The van der Waals surface area contributed by atoms with Gasteiger partial charge in [0.1, 0.15) is 5.60 Å². The minimum absolute atomic E-state index is 0.108. The largest absolute Gasteiger partial charge is 0.469 e. The zero-order valence-corrected chi connectivity index (χ0v) is 9.70. The molecule has 1 aliphatic carbocycles. The van der Waals surface area contributed by atoms with Crippen LogP contribution in [-0.2, 0) is 19.1 Å². The molecule has 1 rings (SSSR count). The number of rotatable bonds is 3. The molecule has 0 N–H and O–H groups in total. The lowest BCUT2D eigenvalue weighted by atomic mass is 10.2. The second-order valence-electron chi connectivity index (χ2n) is 4.92. The van der Waals surface area contributed by atoms with Crippen LogP contribution in [0.2, 0.25) is 0 Å². The zero-order valence-electron chi connectivity index (χ0n) is 9.70. The maximum Gasteiger partial charge on any atom is 0.309 e. The van der Waals surface area contributed by atoms with Crippen LogP contribution in [0.25, 0.3) is 0 Å². The predicted molar refractivity (Wildman–Crippen MR) is 54.1 cm³/mol. The fourth-order valence-electron chi connectivity index (χ4n) is 1.44. The van der Waals surface area contributed by atoms with Crippen molar-refractivity contribution in [3.05, 3.63) is 0 Å². The first-order valence-corrected chi connectivity index (χ1v) is 5.13. The molecule has 0 aliphatic heterocycles. The van der Waals surface area contributed by atoms with E-state index in [1.165, 1.54) is 7.11 Å². The summed E-state index contributed by atoms with van der Waals surface area (Å²) in [6.45, 7) is 5.51. The smallest absolute Gasteiger partial charge is 0.309 e. The van der Waals surface area contributed by atoms with Crippen molar-refractivity contribution in [1.29, 1.82) is 0 Å². The Labute approximate surface area is 89.9 Å². The second-order valence-corrected chi connectivity index (χ2v) is 4.92. The fraction of sp³-hybridized carbons (Fsp3) is 0.818. The molecule has 0 aromatic rings. The molecule has 0 heterocycles. The van der Waals surface area contributed by atoms with E-state index < -0.39 is 5.60 Å². The van der Waals surface area contributed by atoms with E-state index in [0.717, 1.165) is 6.42 Å². The summed E-state index contributed by atoms with van der Waals surface area (Å²) in [6.07, 6.45) is 1.06. The molecule has 86 valence electrons. The van der Waals surface area contributed by atoms with Crippen molar-refractivity contribution in [2.75, 3.05) is 7.11 Å². The molecule has 1 fully saturated rings. The monoisotopic (exact) mass is 214 g/mol. The van der Waals surface area contributed by atoms with Gasteiger partial charge in [0.05, 0.1) is 13.0 Å². The van der Waals surface area contributed by atoms with E-state index in [0.29, 0.717) is 6.42 Å². The van der Waals surface area contributed by atoms with Crippen LogP contribution in [0.3, 0.4) is 0 Å². The van der Waals surface area contributed by atoms with Crippen LogP contribution in [-0.4, -0.2) is 24.6 Å². The van der Waals surface area contributed by atoms with Gasteiger partial charge >= 0.3 is 11.9 Å². The normalized spacial score (nSPS) is 24.5. The van der Waals surface area contributed by atoms with Crippen molar-refractivity contribution >= 4 is 11.9 Å². The molecule has 0 radical (unpaired) electrons. The Bertz CT molecular complexity index is 264. The lowest BCUT2D eigenvalue weighted by molar-refractivity contribution is -0.156. The fourth-order valence-corrected chi connectivity index (χ4v) is 1.44. The van der Waals surface area contributed by atoms with E-state index >= 15 is 0 Å². The maximum atomic E-state index is 11.5. The molecule has 15 heavy (non-hydrogen) atoms. The first-order valence-electron chi connectivity index (χ1n) is 5.13. The number of carbonyl (C=O) groups excluding carboxylic acids is 2. The topological polar surface area (TPSA) is 52.6 Å². The lowest BCUT2D eigenvalue weighted by Crippen LogP contribution is -2.25. The highest BCUT2D eigenvalue weighted by Crippen LogP contribution is 2.42. The van der Waals surface area contributed by atoms with E-state index in [9.17, 15) is 9.59 Å². The minimum Gasteiger partial charge on any atom is -0.469 e. The molecule has 0 aromatic carbocycles. The molecule has 2 atom stereocenters. The summed E-state index contributed by atoms with van der Waals surface area (Å²) in [5, 5.41) is 0. The van der Waals surface area contributed by atoms with Crippen molar-refractivity contribution in [3.8, 4) is 0 Å². The molecular weight excluding hydrogens is 196 g/mol. The van der Waals surface area contributed by atoms with Crippen molar-refractivity contribution in [2.45, 2.75) is 39.2 Å². The van der Waals surface area contributed by atoms with Gasteiger partial charge in [-0.3, -0.25) is 9.59 Å². The number of esters is 2. The number of carbonyl (C=O) groups is 2. The first kappa shape index (κ1) is 12.0. The van der Waals surface area contributed by atoms with E-state index in [-0.39, 0.29) is 23.8 Å². The predicted octanol–water partition coefficient (Wildman–Crippen LogP) is 1.53. The van der Waals surface area contributed by atoms with Crippen molar-refractivity contribution in [3.63, 3.8) is 0 Å². The number of hydrogen-bond donors (Lipinski definition) is 0. The SMILES string of the molecule is COC(=O)C[C@@H]1C[C@@H]1C(=O)OC(C)(C)C. The van der Waals surface area contributed by atoms with Gasteiger partial charge in [0.15, 0.2) is 0 Å². The van der Waals surface area contributed by atoms with Gasteiger partial charge < -0.3 is 9.47 Å². The summed E-state index contributed by atoms with van der Waals surface area (Å²) < 4.78 is 9.75. The molecule has 1 aliphatic rings. The minimum atomic E-state index is -0.449. The Morgan fingerprint density at radius 3 is 2.40 bits per heavy atom. The number of methoxy groups -OCH3 is 1. The van der Waals surface area contributed by atoms with Crippen molar-refractivity contribution < 1.29 is 19.1 Å². The van der Waals surface area contributed by atoms with Crippen LogP contribution in [0.5, 0.6) is 0 Å². The van der Waals surface area contributed by atoms with Gasteiger partial charge in [-0.15, -0.1) is 0 Å². The summed E-state index contributed by atoms with van der Waals surface area (Å²) in [6, 6.07) is 0. The first-order chi connectivity index (χ1) is 6.83. The van der Waals surface area contributed by atoms with Gasteiger partial charge in [-0.1, -0.05) is 0 Å². The van der Waals surface area contributed by atoms with Gasteiger partial charge in [0, 0.05) is 6.42 Å². The van der Waals surface area contributed by atoms with Gasteiger partial charge in [-0.2, -0.15) is 0 Å².